The van der Waals surface area contributed by atoms with Gasteiger partial charge in [-0.2, -0.15) is 5.26 Å². The van der Waals surface area contributed by atoms with Gasteiger partial charge in [-0.25, -0.2) is 0 Å². The van der Waals surface area contributed by atoms with Crippen molar-refractivity contribution in [3.63, 3.8) is 0 Å². The van der Waals surface area contributed by atoms with Crippen LogP contribution >= 0.6 is 15.9 Å². The summed E-state index contributed by atoms with van der Waals surface area (Å²) in [4.78, 5) is 27.4. The molecule has 1 aliphatic heterocycles. The van der Waals surface area contributed by atoms with E-state index in [9.17, 15) is 14.9 Å². The number of hydrogen-bond acceptors (Lipinski definition) is 6. The Morgan fingerprint density at radius 3 is 2.39 bits per heavy atom. The van der Waals surface area contributed by atoms with Gasteiger partial charge in [0.25, 0.3) is 0 Å². The van der Waals surface area contributed by atoms with E-state index in [1.54, 1.807) is 17.0 Å². The van der Waals surface area contributed by atoms with Gasteiger partial charge in [-0.05, 0) is 52.2 Å². The normalized spacial score (nSPS) is 16.4. The quantitative estimate of drug-likeness (QED) is 0.601. The molecule has 1 aliphatic rings. The highest BCUT2D eigenvalue weighted by atomic mass is 79.9. The number of para-hydroxylation sites is 1. The molecule has 2 amide bonds. The van der Waals surface area contributed by atoms with Crippen LogP contribution in [-0.4, -0.2) is 39.7 Å². The number of carbonyl (C=O) groups excluding carboxylic acids is 2. The largest absolute Gasteiger partial charge is 0.493 e. The minimum atomic E-state index is -0.994. The van der Waals surface area contributed by atoms with Crippen molar-refractivity contribution < 1.29 is 23.8 Å². The predicted octanol–water partition coefficient (Wildman–Crippen LogP) is 3.21. The summed E-state index contributed by atoms with van der Waals surface area (Å²) >= 11 is 3.44. The molecule has 162 valence electrons. The van der Waals surface area contributed by atoms with Gasteiger partial charge in [0.15, 0.2) is 11.5 Å². The molecule has 0 saturated carbocycles. The number of amides is 2. The predicted molar refractivity (Wildman–Crippen MR) is 117 cm³/mol. The first kappa shape index (κ1) is 22.4. The molecule has 0 aromatic heterocycles. The van der Waals surface area contributed by atoms with E-state index in [4.69, 9.17) is 14.2 Å². The summed E-state index contributed by atoms with van der Waals surface area (Å²) in [7, 11) is 4.41. The van der Waals surface area contributed by atoms with E-state index >= 15 is 0 Å². The molecule has 8 nitrogen and oxygen atoms in total. The Morgan fingerprint density at radius 2 is 1.84 bits per heavy atom. The third-order valence-electron chi connectivity index (χ3n) is 5.10. The van der Waals surface area contributed by atoms with Crippen LogP contribution in [0.15, 0.2) is 40.9 Å². The standard InChI is InChI=1S/C22H22BrN3O5/c1-29-18-10-13(11-19(30-2)20(18)31-3)16(12-24)25-21(27)14-8-9-26(22(14)28)17-7-5-4-6-15(17)23/h4-7,10-11,14,16H,8-9H2,1-3H3,(H,25,27). The highest BCUT2D eigenvalue weighted by molar-refractivity contribution is 9.10. The highest BCUT2D eigenvalue weighted by Gasteiger charge is 2.39. The summed E-state index contributed by atoms with van der Waals surface area (Å²) in [6.45, 7) is 0.418. The van der Waals surface area contributed by atoms with Crippen molar-refractivity contribution in [1.82, 2.24) is 5.32 Å². The fraction of sp³-hybridized carbons (Fsp3) is 0.318. The van der Waals surface area contributed by atoms with Crippen molar-refractivity contribution in [2.75, 3.05) is 32.8 Å². The molecule has 9 heteroatoms. The van der Waals surface area contributed by atoms with Crippen LogP contribution in [0.2, 0.25) is 0 Å². The molecule has 2 aromatic rings. The highest BCUT2D eigenvalue weighted by Crippen LogP contribution is 2.40. The molecule has 1 saturated heterocycles. The lowest BCUT2D eigenvalue weighted by atomic mass is 10.0. The average molecular weight is 488 g/mol. The summed E-state index contributed by atoms with van der Waals surface area (Å²) < 4.78 is 16.7. The van der Waals surface area contributed by atoms with Gasteiger partial charge in [0, 0.05) is 11.0 Å². The van der Waals surface area contributed by atoms with Crippen molar-refractivity contribution >= 4 is 33.4 Å². The lowest BCUT2D eigenvalue weighted by Gasteiger charge is -2.20. The minimum absolute atomic E-state index is 0.300. The SMILES string of the molecule is COc1cc(C(C#N)NC(=O)C2CCN(c3ccccc3Br)C2=O)cc(OC)c1OC. The van der Waals surface area contributed by atoms with Crippen LogP contribution in [0.5, 0.6) is 17.2 Å². The summed E-state index contributed by atoms with van der Waals surface area (Å²) in [6.07, 6.45) is 0.361. The molecular weight excluding hydrogens is 466 g/mol. The second-order valence-corrected chi connectivity index (χ2v) is 7.67. The maximum absolute atomic E-state index is 12.9. The summed E-state index contributed by atoms with van der Waals surface area (Å²) in [5.74, 6) is -0.561. The van der Waals surface area contributed by atoms with Gasteiger partial charge >= 0.3 is 0 Å². The maximum Gasteiger partial charge on any atom is 0.239 e. The van der Waals surface area contributed by atoms with Gasteiger partial charge in [0.05, 0.1) is 33.1 Å². The first-order valence-electron chi connectivity index (χ1n) is 9.51. The summed E-state index contributed by atoms with van der Waals surface area (Å²) in [5, 5.41) is 12.3. The van der Waals surface area contributed by atoms with Gasteiger partial charge in [0.2, 0.25) is 17.6 Å². The summed E-state index contributed by atoms with van der Waals surface area (Å²) in [6, 6.07) is 11.6. The molecule has 3 rings (SSSR count). The maximum atomic E-state index is 12.9. The number of rotatable bonds is 7. The van der Waals surface area contributed by atoms with Gasteiger partial charge in [-0.15, -0.1) is 0 Å². The number of halogens is 1. The Morgan fingerprint density at radius 1 is 1.19 bits per heavy atom. The smallest absolute Gasteiger partial charge is 0.239 e. The number of carbonyl (C=O) groups is 2. The number of nitriles is 1. The monoisotopic (exact) mass is 487 g/mol. The second kappa shape index (κ2) is 9.71. The zero-order chi connectivity index (χ0) is 22.5. The molecule has 0 bridgehead atoms. The Labute approximate surface area is 188 Å². The average Bonchev–Trinajstić information content (AvgIpc) is 3.17. The topological polar surface area (TPSA) is 101 Å². The van der Waals surface area contributed by atoms with E-state index in [0.717, 1.165) is 4.47 Å². The van der Waals surface area contributed by atoms with E-state index in [1.807, 2.05) is 24.3 Å². The van der Waals surface area contributed by atoms with Crippen LogP contribution in [0.25, 0.3) is 0 Å². The number of ether oxygens (including phenoxy) is 3. The first-order chi connectivity index (χ1) is 14.9. The molecule has 2 aromatic carbocycles. The van der Waals surface area contributed by atoms with E-state index < -0.39 is 17.9 Å². The molecule has 0 aliphatic carbocycles. The second-order valence-electron chi connectivity index (χ2n) is 6.81. The summed E-state index contributed by atoms with van der Waals surface area (Å²) in [5.41, 5.74) is 1.17. The van der Waals surface area contributed by atoms with Crippen LogP contribution in [0.3, 0.4) is 0 Å². The third kappa shape index (κ3) is 4.44. The number of benzene rings is 2. The third-order valence-corrected chi connectivity index (χ3v) is 5.77. The number of nitrogens with one attached hydrogen (secondary N) is 1. The molecule has 2 unspecified atom stereocenters. The zero-order valence-corrected chi connectivity index (χ0v) is 18.9. The van der Waals surface area contributed by atoms with E-state index in [-0.39, 0.29) is 5.91 Å². The van der Waals surface area contributed by atoms with Gasteiger partial charge < -0.3 is 24.4 Å². The molecule has 31 heavy (non-hydrogen) atoms. The first-order valence-corrected chi connectivity index (χ1v) is 10.3. The van der Waals surface area contributed by atoms with Crippen molar-refractivity contribution in [3.05, 3.63) is 46.4 Å². The number of anilines is 1. The van der Waals surface area contributed by atoms with Crippen LogP contribution < -0.4 is 24.4 Å². The van der Waals surface area contributed by atoms with Crippen molar-refractivity contribution in [2.45, 2.75) is 12.5 Å². The van der Waals surface area contributed by atoms with Gasteiger partial charge in [-0.1, -0.05) is 12.1 Å². The van der Waals surface area contributed by atoms with E-state index in [1.165, 1.54) is 21.3 Å². The number of methoxy groups -OCH3 is 3. The van der Waals surface area contributed by atoms with E-state index in [0.29, 0.717) is 41.5 Å². The van der Waals surface area contributed by atoms with E-state index in [2.05, 4.69) is 27.3 Å². The van der Waals surface area contributed by atoms with Crippen LogP contribution in [0.4, 0.5) is 5.69 Å². The molecule has 0 spiro atoms. The minimum Gasteiger partial charge on any atom is -0.493 e. The van der Waals surface area contributed by atoms with Gasteiger partial charge in [-0.3, -0.25) is 9.59 Å². The zero-order valence-electron chi connectivity index (χ0n) is 17.3. The Hall–Kier alpha value is -3.25. The van der Waals surface area contributed by atoms with Gasteiger partial charge in [0.1, 0.15) is 12.0 Å². The van der Waals surface area contributed by atoms with Crippen molar-refractivity contribution in [2.24, 2.45) is 5.92 Å². The lowest BCUT2D eigenvalue weighted by Crippen LogP contribution is -2.38. The molecule has 1 fully saturated rings. The van der Waals surface area contributed by atoms with Crippen LogP contribution in [0.1, 0.15) is 18.0 Å². The van der Waals surface area contributed by atoms with Crippen LogP contribution in [0, 0.1) is 17.2 Å². The fourth-order valence-electron chi connectivity index (χ4n) is 3.53. The van der Waals surface area contributed by atoms with Crippen LogP contribution in [-0.2, 0) is 9.59 Å². The Kier molecular flexibility index (Phi) is 7.02. The molecule has 1 heterocycles. The molecule has 1 N–H and O–H groups in total. The molecular formula is C22H22BrN3O5. The Bertz CT molecular complexity index is 1010. The fourth-order valence-corrected chi connectivity index (χ4v) is 4.03. The van der Waals surface area contributed by atoms with Crippen molar-refractivity contribution in [3.8, 4) is 23.3 Å². The van der Waals surface area contributed by atoms with Crippen molar-refractivity contribution in [1.29, 1.82) is 5.26 Å². The number of hydrogen-bond donors (Lipinski definition) is 1. The molecule has 2 atom stereocenters. The lowest BCUT2D eigenvalue weighted by molar-refractivity contribution is -0.132. The number of nitrogens with zero attached hydrogens (tertiary/aromatic N) is 2. The Balaban J connectivity index is 1.80. The molecule has 0 radical (unpaired) electrons.